The van der Waals surface area contributed by atoms with Crippen LogP contribution in [0.1, 0.15) is 37.7 Å². The summed E-state index contributed by atoms with van der Waals surface area (Å²) in [6.07, 6.45) is 0.661. The minimum atomic E-state index is -1.06. The molecule has 1 amide bonds. The van der Waals surface area contributed by atoms with Crippen molar-refractivity contribution in [3.8, 4) is 5.75 Å². The van der Waals surface area contributed by atoms with Crippen molar-refractivity contribution < 1.29 is 19.4 Å². The quantitative estimate of drug-likeness (QED) is 0.850. The highest BCUT2D eigenvalue weighted by Crippen LogP contribution is 2.19. The monoisotopic (exact) mass is 328 g/mol. The summed E-state index contributed by atoms with van der Waals surface area (Å²) in [5.74, 6) is -0.560. The van der Waals surface area contributed by atoms with E-state index in [2.05, 4.69) is 10.3 Å². The third-order valence-electron chi connectivity index (χ3n) is 3.72. The van der Waals surface area contributed by atoms with E-state index in [1.165, 1.54) is 12.1 Å². The van der Waals surface area contributed by atoms with Crippen molar-refractivity contribution in [3.05, 3.63) is 58.4 Å². The van der Waals surface area contributed by atoms with Crippen LogP contribution in [-0.4, -0.2) is 35.6 Å². The average Bonchev–Trinajstić information content (AvgIpc) is 2.55. The highest BCUT2D eigenvalue weighted by atomic mass is 16.5. The zero-order valence-corrected chi connectivity index (χ0v) is 13.9. The number of methoxy groups -OCH3 is 1. The first-order chi connectivity index (χ1) is 11.4. The summed E-state index contributed by atoms with van der Waals surface area (Å²) in [4.78, 5) is 27.1. The molecule has 0 radical (unpaired) electrons. The highest BCUT2D eigenvalue weighted by Gasteiger charge is 2.12. The van der Waals surface area contributed by atoms with E-state index in [1.54, 1.807) is 14.0 Å². The van der Waals surface area contributed by atoms with Crippen LogP contribution in [0.25, 0.3) is 0 Å². The minimum absolute atomic E-state index is 0.0956. The first-order valence-electron chi connectivity index (χ1n) is 7.55. The number of carboxylic acid groups (broad SMARTS) is 1. The number of aryl methyl sites for hydroxylation is 2. The van der Waals surface area contributed by atoms with E-state index in [-0.39, 0.29) is 17.2 Å². The fourth-order valence-corrected chi connectivity index (χ4v) is 2.34. The van der Waals surface area contributed by atoms with Gasteiger partial charge in [0.05, 0.1) is 18.4 Å². The largest absolute Gasteiger partial charge is 0.496 e. The van der Waals surface area contributed by atoms with Crippen molar-refractivity contribution in [3.63, 3.8) is 0 Å². The molecule has 0 aliphatic rings. The lowest BCUT2D eigenvalue weighted by atomic mass is 10.1. The van der Waals surface area contributed by atoms with Gasteiger partial charge in [0.15, 0.2) is 0 Å². The molecule has 0 spiro atoms. The number of hydrogen-bond acceptors (Lipinski definition) is 4. The van der Waals surface area contributed by atoms with Gasteiger partial charge in [-0.15, -0.1) is 0 Å². The van der Waals surface area contributed by atoms with Crippen LogP contribution in [0, 0.1) is 13.8 Å². The number of rotatable bonds is 6. The number of aromatic nitrogens is 1. The summed E-state index contributed by atoms with van der Waals surface area (Å²) in [7, 11) is 1.63. The zero-order valence-electron chi connectivity index (χ0n) is 13.9. The molecule has 0 atom stereocenters. The molecular weight excluding hydrogens is 308 g/mol. The SMILES string of the molecule is COc1cc(CCNC(=O)c2ccc(C(=O)O)c(C)n2)ccc1C. The number of benzene rings is 1. The Hall–Kier alpha value is -2.89. The molecule has 0 aliphatic heterocycles. The van der Waals surface area contributed by atoms with E-state index in [4.69, 9.17) is 9.84 Å². The molecule has 1 aromatic carbocycles. The second-order valence-corrected chi connectivity index (χ2v) is 5.44. The summed E-state index contributed by atoms with van der Waals surface area (Å²) in [5.41, 5.74) is 2.74. The van der Waals surface area contributed by atoms with Gasteiger partial charge in [0.2, 0.25) is 0 Å². The molecule has 0 fully saturated rings. The summed E-state index contributed by atoms with van der Waals surface area (Å²) >= 11 is 0. The van der Waals surface area contributed by atoms with Gasteiger partial charge in [-0.2, -0.15) is 0 Å². The number of hydrogen-bond donors (Lipinski definition) is 2. The van der Waals surface area contributed by atoms with Crippen LogP contribution in [0.3, 0.4) is 0 Å². The average molecular weight is 328 g/mol. The number of carboxylic acids is 1. The van der Waals surface area contributed by atoms with Crippen molar-refractivity contribution >= 4 is 11.9 Å². The maximum absolute atomic E-state index is 12.1. The molecule has 0 saturated carbocycles. The number of aromatic carboxylic acids is 1. The fourth-order valence-electron chi connectivity index (χ4n) is 2.34. The molecule has 0 aliphatic carbocycles. The van der Waals surface area contributed by atoms with Crippen LogP contribution in [-0.2, 0) is 6.42 Å². The Bertz CT molecular complexity index is 772. The van der Waals surface area contributed by atoms with Gasteiger partial charge in [0.25, 0.3) is 5.91 Å². The lowest BCUT2D eigenvalue weighted by Gasteiger charge is -2.09. The molecular formula is C18H20N2O4. The number of nitrogens with zero attached hydrogens (tertiary/aromatic N) is 1. The molecule has 1 aromatic heterocycles. The number of amides is 1. The van der Waals surface area contributed by atoms with E-state index in [0.29, 0.717) is 18.7 Å². The number of nitrogens with one attached hydrogen (secondary N) is 1. The van der Waals surface area contributed by atoms with Gasteiger partial charge in [0.1, 0.15) is 11.4 Å². The maximum Gasteiger partial charge on any atom is 0.337 e. The zero-order chi connectivity index (χ0) is 17.7. The maximum atomic E-state index is 12.1. The number of carbonyl (C=O) groups is 2. The topological polar surface area (TPSA) is 88.5 Å². The van der Waals surface area contributed by atoms with E-state index < -0.39 is 5.97 Å². The minimum Gasteiger partial charge on any atom is -0.496 e. The van der Waals surface area contributed by atoms with Gasteiger partial charge < -0.3 is 15.2 Å². The molecule has 0 unspecified atom stereocenters. The Morgan fingerprint density at radius 1 is 1.21 bits per heavy atom. The Morgan fingerprint density at radius 3 is 2.58 bits per heavy atom. The van der Waals surface area contributed by atoms with Crippen LogP contribution in [0.15, 0.2) is 30.3 Å². The van der Waals surface area contributed by atoms with Crippen molar-refractivity contribution in [1.82, 2.24) is 10.3 Å². The van der Waals surface area contributed by atoms with E-state index in [1.807, 2.05) is 25.1 Å². The first kappa shape index (κ1) is 17.5. The van der Waals surface area contributed by atoms with Gasteiger partial charge in [0, 0.05) is 6.54 Å². The smallest absolute Gasteiger partial charge is 0.337 e. The third kappa shape index (κ3) is 4.10. The molecule has 2 aromatic rings. The van der Waals surface area contributed by atoms with Crippen molar-refractivity contribution in [2.45, 2.75) is 20.3 Å². The molecule has 6 nitrogen and oxygen atoms in total. The Kier molecular flexibility index (Phi) is 5.52. The summed E-state index contributed by atoms with van der Waals surface area (Å²) in [5, 5.41) is 11.8. The molecule has 1 heterocycles. The lowest BCUT2D eigenvalue weighted by molar-refractivity contribution is 0.0694. The number of carbonyl (C=O) groups excluding carboxylic acids is 1. The van der Waals surface area contributed by atoms with E-state index >= 15 is 0 Å². The van der Waals surface area contributed by atoms with Crippen LogP contribution in [0.2, 0.25) is 0 Å². The molecule has 24 heavy (non-hydrogen) atoms. The van der Waals surface area contributed by atoms with Crippen LogP contribution in [0.5, 0.6) is 5.75 Å². The van der Waals surface area contributed by atoms with E-state index in [0.717, 1.165) is 16.9 Å². The molecule has 0 saturated heterocycles. The van der Waals surface area contributed by atoms with Gasteiger partial charge in [-0.3, -0.25) is 4.79 Å². The number of pyridine rings is 1. The fraction of sp³-hybridized carbons (Fsp3) is 0.278. The van der Waals surface area contributed by atoms with Crippen molar-refractivity contribution in [2.75, 3.05) is 13.7 Å². The Labute approximate surface area is 140 Å². The second-order valence-electron chi connectivity index (χ2n) is 5.44. The normalized spacial score (nSPS) is 10.3. The summed E-state index contributed by atoms with van der Waals surface area (Å²) in [6, 6.07) is 8.73. The molecule has 2 rings (SSSR count). The van der Waals surface area contributed by atoms with Crippen molar-refractivity contribution in [1.29, 1.82) is 0 Å². The van der Waals surface area contributed by atoms with Crippen LogP contribution >= 0.6 is 0 Å². The molecule has 6 heteroatoms. The lowest BCUT2D eigenvalue weighted by Crippen LogP contribution is -2.27. The summed E-state index contributed by atoms with van der Waals surface area (Å²) in [6.45, 7) is 3.99. The molecule has 2 N–H and O–H groups in total. The van der Waals surface area contributed by atoms with Crippen LogP contribution in [0.4, 0.5) is 0 Å². The highest BCUT2D eigenvalue weighted by molar-refractivity contribution is 5.94. The van der Waals surface area contributed by atoms with E-state index in [9.17, 15) is 9.59 Å². The second kappa shape index (κ2) is 7.59. The van der Waals surface area contributed by atoms with Gasteiger partial charge in [-0.25, -0.2) is 9.78 Å². The standard InChI is InChI=1S/C18H20N2O4/c1-11-4-5-13(10-16(11)24-3)8-9-19-17(21)15-7-6-14(18(22)23)12(2)20-15/h4-7,10H,8-9H2,1-3H3,(H,19,21)(H,22,23). The number of ether oxygens (including phenoxy) is 1. The Morgan fingerprint density at radius 2 is 1.96 bits per heavy atom. The van der Waals surface area contributed by atoms with Crippen LogP contribution < -0.4 is 10.1 Å². The van der Waals surface area contributed by atoms with Gasteiger partial charge >= 0.3 is 5.97 Å². The predicted octanol–water partition coefficient (Wildman–Crippen LogP) is 2.38. The summed E-state index contributed by atoms with van der Waals surface area (Å²) < 4.78 is 5.28. The van der Waals surface area contributed by atoms with Gasteiger partial charge in [-0.1, -0.05) is 12.1 Å². The van der Waals surface area contributed by atoms with Crippen molar-refractivity contribution in [2.24, 2.45) is 0 Å². The Balaban J connectivity index is 1.96. The first-order valence-corrected chi connectivity index (χ1v) is 7.55. The third-order valence-corrected chi connectivity index (χ3v) is 3.72. The molecule has 126 valence electrons. The molecule has 0 bridgehead atoms. The van der Waals surface area contributed by atoms with Gasteiger partial charge in [-0.05, 0) is 49.6 Å². The predicted molar refractivity (Wildman–Crippen MR) is 89.7 cm³/mol.